The van der Waals surface area contributed by atoms with Gasteiger partial charge in [-0.2, -0.15) is 4.31 Å². The molecular formula is C23H22ClN5O3S2. The molecule has 1 unspecified atom stereocenters. The van der Waals surface area contributed by atoms with Crippen LogP contribution in [-0.2, 0) is 21.4 Å². The Balaban J connectivity index is 1.39. The van der Waals surface area contributed by atoms with Crippen molar-refractivity contribution < 1.29 is 13.2 Å². The third-order valence-electron chi connectivity index (χ3n) is 6.26. The van der Waals surface area contributed by atoms with Crippen molar-refractivity contribution in [1.29, 1.82) is 0 Å². The number of carbonyl (C=O) groups is 1. The van der Waals surface area contributed by atoms with E-state index in [1.54, 1.807) is 25.1 Å². The lowest BCUT2D eigenvalue weighted by atomic mass is 10.0. The second-order valence-electron chi connectivity index (χ2n) is 8.31. The molecule has 1 fully saturated rings. The standard InChI is InChI=1S/C23H22ClN5O3S2/c1-14-20(12-30)28(11-15-2-5-18-19(8-15)26-13-27-23(18)25)6-7-29(14)34(31,32)22-9-16-3-4-17(24)10-21(16)33-22/h2-5,8-10,12-14,20H,6-7,11H2,1H3,(H2,25,26,27)/t14-,20?/m0/s1. The van der Waals surface area contributed by atoms with E-state index in [4.69, 9.17) is 17.3 Å². The monoisotopic (exact) mass is 515 g/mol. The van der Waals surface area contributed by atoms with Crippen LogP contribution >= 0.6 is 22.9 Å². The molecule has 0 saturated carbocycles. The Morgan fingerprint density at radius 1 is 1.18 bits per heavy atom. The molecule has 2 aromatic carbocycles. The Morgan fingerprint density at radius 2 is 2.00 bits per heavy atom. The van der Waals surface area contributed by atoms with Gasteiger partial charge in [-0.25, -0.2) is 18.4 Å². The third kappa shape index (κ3) is 4.05. The highest BCUT2D eigenvalue weighted by molar-refractivity contribution is 7.91. The van der Waals surface area contributed by atoms with Crippen molar-refractivity contribution in [3.8, 4) is 0 Å². The van der Waals surface area contributed by atoms with Gasteiger partial charge < -0.3 is 10.5 Å². The van der Waals surface area contributed by atoms with Crippen LogP contribution in [0.1, 0.15) is 12.5 Å². The number of nitrogen functional groups attached to an aromatic ring is 1. The molecule has 11 heteroatoms. The molecule has 0 amide bonds. The second-order valence-corrected chi connectivity index (χ2v) is 11.9. The summed E-state index contributed by atoms with van der Waals surface area (Å²) in [6.45, 7) is 2.98. The number of benzene rings is 2. The zero-order valence-corrected chi connectivity index (χ0v) is 20.6. The van der Waals surface area contributed by atoms with Crippen LogP contribution < -0.4 is 5.73 Å². The van der Waals surface area contributed by atoms with Gasteiger partial charge in [-0.15, -0.1) is 11.3 Å². The average Bonchev–Trinajstić information content (AvgIpc) is 3.23. The van der Waals surface area contributed by atoms with Gasteiger partial charge in [0.25, 0.3) is 10.0 Å². The van der Waals surface area contributed by atoms with E-state index in [0.29, 0.717) is 23.9 Å². The van der Waals surface area contributed by atoms with Crippen molar-refractivity contribution in [1.82, 2.24) is 19.2 Å². The molecule has 5 rings (SSSR count). The Bertz CT molecular complexity index is 1510. The molecule has 0 bridgehead atoms. The summed E-state index contributed by atoms with van der Waals surface area (Å²) >= 11 is 7.25. The summed E-state index contributed by atoms with van der Waals surface area (Å²) in [4.78, 5) is 22.4. The quantitative estimate of drug-likeness (QED) is 0.405. The van der Waals surface area contributed by atoms with E-state index in [9.17, 15) is 13.2 Å². The van der Waals surface area contributed by atoms with Crippen molar-refractivity contribution >= 4 is 66.1 Å². The zero-order chi connectivity index (χ0) is 24.0. The summed E-state index contributed by atoms with van der Waals surface area (Å²) < 4.78 is 29.5. The molecule has 176 valence electrons. The number of hydrogen-bond donors (Lipinski definition) is 1. The number of aldehydes is 1. The summed E-state index contributed by atoms with van der Waals surface area (Å²) in [6.07, 6.45) is 2.25. The van der Waals surface area contributed by atoms with Crippen LogP contribution in [0.5, 0.6) is 0 Å². The highest BCUT2D eigenvalue weighted by atomic mass is 35.5. The molecule has 0 radical (unpaired) electrons. The van der Waals surface area contributed by atoms with Crippen LogP contribution in [0.4, 0.5) is 5.82 Å². The van der Waals surface area contributed by atoms with Crippen molar-refractivity contribution in [2.45, 2.75) is 29.8 Å². The number of thiophene rings is 1. The molecule has 1 aliphatic heterocycles. The van der Waals surface area contributed by atoms with Crippen LogP contribution in [0.2, 0.25) is 5.02 Å². The predicted octanol–water partition coefficient (Wildman–Crippen LogP) is 3.54. The molecule has 2 N–H and O–H groups in total. The molecule has 0 spiro atoms. The summed E-state index contributed by atoms with van der Waals surface area (Å²) in [5.41, 5.74) is 7.60. The smallest absolute Gasteiger partial charge is 0.252 e. The molecule has 34 heavy (non-hydrogen) atoms. The average molecular weight is 516 g/mol. The number of rotatable bonds is 5. The van der Waals surface area contributed by atoms with E-state index in [-0.39, 0.29) is 10.8 Å². The first-order chi connectivity index (χ1) is 16.3. The highest BCUT2D eigenvalue weighted by Gasteiger charge is 2.40. The summed E-state index contributed by atoms with van der Waals surface area (Å²) in [6, 6.07) is 11.6. The van der Waals surface area contributed by atoms with Gasteiger partial charge in [-0.1, -0.05) is 23.7 Å². The number of halogens is 1. The first-order valence-corrected chi connectivity index (χ1v) is 13.3. The molecule has 0 aliphatic carbocycles. The normalized spacial score (nSPS) is 20.2. The molecule has 2 aromatic heterocycles. The number of sulfonamides is 1. The van der Waals surface area contributed by atoms with E-state index in [2.05, 4.69) is 9.97 Å². The number of anilines is 1. The molecule has 4 aromatic rings. The lowest BCUT2D eigenvalue weighted by Gasteiger charge is -2.43. The minimum Gasteiger partial charge on any atom is -0.383 e. The van der Waals surface area contributed by atoms with Gasteiger partial charge in [0.1, 0.15) is 22.6 Å². The maximum Gasteiger partial charge on any atom is 0.252 e. The second kappa shape index (κ2) is 8.86. The number of hydrogen-bond acceptors (Lipinski definition) is 8. The number of aromatic nitrogens is 2. The van der Waals surface area contributed by atoms with E-state index in [1.807, 2.05) is 29.2 Å². The lowest BCUT2D eigenvalue weighted by molar-refractivity contribution is -0.115. The van der Waals surface area contributed by atoms with Crippen LogP contribution in [0.25, 0.3) is 21.0 Å². The Kier molecular flexibility index (Phi) is 6.03. The van der Waals surface area contributed by atoms with Crippen LogP contribution in [0, 0.1) is 0 Å². The van der Waals surface area contributed by atoms with Crippen molar-refractivity contribution in [2.75, 3.05) is 18.8 Å². The predicted molar refractivity (Wildman–Crippen MR) is 134 cm³/mol. The van der Waals surface area contributed by atoms with E-state index < -0.39 is 22.1 Å². The van der Waals surface area contributed by atoms with Crippen molar-refractivity contribution in [3.63, 3.8) is 0 Å². The number of piperazine rings is 1. The number of nitrogens with zero attached hydrogens (tertiary/aromatic N) is 4. The van der Waals surface area contributed by atoms with Crippen LogP contribution in [0.3, 0.4) is 0 Å². The number of nitrogens with two attached hydrogens (primary N) is 1. The highest BCUT2D eigenvalue weighted by Crippen LogP contribution is 2.34. The van der Waals surface area contributed by atoms with E-state index in [0.717, 1.165) is 32.8 Å². The first-order valence-electron chi connectivity index (χ1n) is 10.7. The molecule has 3 heterocycles. The van der Waals surface area contributed by atoms with E-state index >= 15 is 0 Å². The summed E-state index contributed by atoms with van der Waals surface area (Å²) in [5.74, 6) is 0.415. The van der Waals surface area contributed by atoms with Crippen LogP contribution in [-0.4, -0.2) is 59.1 Å². The minimum absolute atomic E-state index is 0.251. The number of fused-ring (bicyclic) bond motifs is 2. The zero-order valence-electron chi connectivity index (χ0n) is 18.3. The SMILES string of the molecule is C[C@H]1C(C=O)N(Cc2ccc3c(N)ncnc3c2)CCN1S(=O)(=O)c1cc2ccc(Cl)cc2s1. The maximum atomic E-state index is 13.5. The summed E-state index contributed by atoms with van der Waals surface area (Å²) in [5, 5.41) is 2.16. The van der Waals surface area contributed by atoms with Crippen molar-refractivity contribution in [3.05, 3.63) is 59.4 Å². The summed E-state index contributed by atoms with van der Waals surface area (Å²) in [7, 11) is -3.77. The van der Waals surface area contributed by atoms with Gasteiger partial charge in [0, 0.05) is 40.8 Å². The Morgan fingerprint density at radius 3 is 2.79 bits per heavy atom. The van der Waals surface area contributed by atoms with Crippen LogP contribution in [0.15, 0.2) is 53.0 Å². The van der Waals surface area contributed by atoms with Gasteiger partial charge in [-0.05, 0) is 48.2 Å². The van der Waals surface area contributed by atoms with Gasteiger partial charge in [0.05, 0.1) is 11.6 Å². The van der Waals surface area contributed by atoms with Gasteiger partial charge in [-0.3, -0.25) is 4.90 Å². The van der Waals surface area contributed by atoms with E-state index in [1.165, 1.54) is 22.0 Å². The third-order valence-corrected chi connectivity index (χ3v) is 10.0. The fraction of sp³-hybridized carbons (Fsp3) is 0.261. The van der Waals surface area contributed by atoms with Crippen molar-refractivity contribution in [2.24, 2.45) is 0 Å². The Labute approximate surface area is 206 Å². The lowest BCUT2D eigenvalue weighted by Crippen LogP contribution is -2.60. The van der Waals surface area contributed by atoms with Gasteiger partial charge in [0.2, 0.25) is 0 Å². The van der Waals surface area contributed by atoms with Gasteiger partial charge in [0.15, 0.2) is 0 Å². The number of carbonyl (C=O) groups excluding carboxylic acids is 1. The molecule has 1 saturated heterocycles. The fourth-order valence-electron chi connectivity index (χ4n) is 4.46. The first kappa shape index (κ1) is 23.1. The fourth-order valence-corrected chi connectivity index (χ4v) is 7.90. The molecule has 1 aliphatic rings. The Hall–Kier alpha value is -2.63. The topological polar surface area (TPSA) is 109 Å². The minimum atomic E-state index is -3.77. The molecule has 2 atom stereocenters. The van der Waals surface area contributed by atoms with Gasteiger partial charge >= 0.3 is 0 Å². The molecule has 8 nitrogen and oxygen atoms in total. The largest absolute Gasteiger partial charge is 0.383 e. The molecular weight excluding hydrogens is 494 g/mol. The maximum absolute atomic E-state index is 13.5.